The predicted molar refractivity (Wildman–Crippen MR) is 73.0 cm³/mol. The molecule has 0 aromatic carbocycles. The summed E-state index contributed by atoms with van der Waals surface area (Å²) < 4.78 is 0. The molecule has 6 heteroatoms. The number of thiocarbonyl (C=S) groups is 1. The highest BCUT2D eigenvalue weighted by Gasteiger charge is 2.10. The van der Waals surface area contributed by atoms with Gasteiger partial charge in [0.25, 0.3) is 0 Å². The van der Waals surface area contributed by atoms with Crippen LogP contribution in [0.2, 0.25) is 0 Å². The van der Waals surface area contributed by atoms with Gasteiger partial charge in [-0.15, -0.1) is 11.8 Å². The number of hydrogen-bond acceptors (Lipinski definition) is 5. The Morgan fingerprint density at radius 3 is 2.88 bits per heavy atom. The first-order valence-corrected chi connectivity index (χ1v) is 6.54. The molecule has 0 aliphatic heterocycles. The summed E-state index contributed by atoms with van der Waals surface area (Å²) in [6.07, 6.45) is 3.56. The lowest BCUT2D eigenvalue weighted by atomic mass is 10.2. The molecule has 1 unspecified atom stereocenters. The number of rotatable bonds is 5. The Morgan fingerprint density at radius 1 is 1.62 bits per heavy atom. The van der Waals surface area contributed by atoms with Crippen molar-refractivity contribution < 1.29 is 0 Å². The Kier molecular flexibility index (Phi) is 4.95. The van der Waals surface area contributed by atoms with Crippen LogP contribution < -0.4 is 10.6 Å². The fourth-order valence-corrected chi connectivity index (χ4v) is 1.69. The van der Waals surface area contributed by atoms with E-state index in [1.54, 1.807) is 18.1 Å². The molecular formula is C10H16N4S2. The van der Waals surface area contributed by atoms with E-state index < -0.39 is 0 Å². The molecule has 1 atom stereocenters. The molecule has 2 N–H and O–H groups in total. The minimum absolute atomic E-state index is 0.174. The van der Waals surface area contributed by atoms with Crippen molar-refractivity contribution in [1.82, 2.24) is 9.97 Å². The van der Waals surface area contributed by atoms with E-state index in [9.17, 15) is 0 Å². The molecule has 0 bridgehead atoms. The van der Waals surface area contributed by atoms with E-state index >= 15 is 0 Å². The van der Waals surface area contributed by atoms with Crippen LogP contribution in [0.25, 0.3) is 0 Å². The van der Waals surface area contributed by atoms with Crippen LogP contribution >= 0.6 is 24.0 Å². The molecule has 16 heavy (non-hydrogen) atoms. The molecule has 0 amide bonds. The molecule has 0 spiro atoms. The Bertz CT molecular complexity index is 370. The maximum Gasteiger partial charge on any atom is 0.132 e. The van der Waals surface area contributed by atoms with E-state index in [-0.39, 0.29) is 5.92 Å². The van der Waals surface area contributed by atoms with Gasteiger partial charge in [-0.05, 0) is 6.26 Å². The molecule has 1 aromatic rings. The molecule has 0 saturated carbocycles. The van der Waals surface area contributed by atoms with Crippen molar-refractivity contribution in [2.24, 2.45) is 11.7 Å². The molecule has 1 heterocycles. The first-order chi connectivity index (χ1) is 7.54. The quantitative estimate of drug-likeness (QED) is 0.490. The van der Waals surface area contributed by atoms with Crippen molar-refractivity contribution in [2.75, 3.05) is 24.7 Å². The predicted octanol–water partition coefficient (Wildman–Crippen LogP) is 1.56. The van der Waals surface area contributed by atoms with Crippen LogP contribution in [0.3, 0.4) is 0 Å². The molecular weight excluding hydrogens is 240 g/mol. The molecule has 1 rings (SSSR count). The van der Waals surface area contributed by atoms with E-state index in [0.29, 0.717) is 4.99 Å². The van der Waals surface area contributed by atoms with Crippen LogP contribution in [0.15, 0.2) is 17.4 Å². The fraction of sp³-hybridized carbons (Fsp3) is 0.500. The van der Waals surface area contributed by atoms with Gasteiger partial charge in [-0.25, -0.2) is 9.97 Å². The molecule has 4 nitrogen and oxygen atoms in total. The summed E-state index contributed by atoms with van der Waals surface area (Å²) in [5.41, 5.74) is 5.59. The number of aromatic nitrogens is 2. The number of nitrogens with two attached hydrogens (primary N) is 1. The van der Waals surface area contributed by atoms with E-state index in [1.807, 2.05) is 31.2 Å². The maximum absolute atomic E-state index is 5.59. The monoisotopic (exact) mass is 256 g/mol. The van der Waals surface area contributed by atoms with Crippen molar-refractivity contribution in [3.63, 3.8) is 0 Å². The average molecular weight is 256 g/mol. The van der Waals surface area contributed by atoms with Gasteiger partial charge >= 0.3 is 0 Å². The Labute approximate surface area is 106 Å². The first-order valence-electron chi connectivity index (χ1n) is 4.91. The molecule has 0 fully saturated rings. The van der Waals surface area contributed by atoms with Crippen molar-refractivity contribution >= 4 is 34.8 Å². The Morgan fingerprint density at radius 2 is 2.31 bits per heavy atom. The summed E-state index contributed by atoms with van der Waals surface area (Å²) in [4.78, 5) is 10.9. The second-order valence-corrected chi connectivity index (χ2v) is 4.90. The first kappa shape index (κ1) is 13.2. The number of thioether (sulfide) groups is 1. The maximum atomic E-state index is 5.59. The second-order valence-electron chi connectivity index (χ2n) is 3.60. The minimum Gasteiger partial charge on any atom is -0.393 e. The van der Waals surface area contributed by atoms with Gasteiger partial charge in [0.1, 0.15) is 17.2 Å². The summed E-state index contributed by atoms with van der Waals surface area (Å²) in [7, 11) is 1.97. The molecule has 0 aliphatic carbocycles. The van der Waals surface area contributed by atoms with Crippen molar-refractivity contribution in [2.45, 2.75) is 11.9 Å². The molecule has 88 valence electrons. The number of anilines is 1. The summed E-state index contributed by atoms with van der Waals surface area (Å²) in [6, 6.07) is 1.96. The zero-order valence-electron chi connectivity index (χ0n) is 9.67. The lowest BCUT2D eigenvalue weighted by molar-refractivity contribution is 0.732. The van der Waals surface area contributed by atoms with Gasteiger partial charge in [0.15, 0.2) is 0 Å². The molecule has 1 aromatic heterocycles. The van der Waals surface area contributed by atoms with E-state index in [2.05, 4.69) is 9.97 Å². The minimum atomic E-state index is 0.174. The van der Waals surface area contributed by atoms with Crippen molar-refractivity contribution in [3.8, 4) is 0 Å². The van der Waals surface area contributed by atoms with Gasteiger partial charge in [-0.2, -0.15) is 0 Å². The van der Waals surface area contributed by atoms with Gasteiger partial charge < -0.3 is 10.6 Å². The van der Waals surface area contributed by atoms with Crippen molar-refractivity contribution in [3.05, 3.63) is 12.4 Å². The van der Waals surface area contributed by atoms with Crippen LogP contribution in [-0.2, 0) is 0 Å². The zero-order chi connectivity index (χ0) is 12.1. The van der Waals surface area contributed by atoms with Gasteiger partial charge in [-0.3, -0.25) is 0 Å². The highest BCUT2D eigenvalue weighted by molar-refractivity contribution is 7.98. The van der Waals surface area contributed by atoms with Gasteiger partial charge in [0, 0.05) is 25.6 Å². The van der Waals surface area contributed by atoms with E-state index in [0.717, 1.165) is 17.4 Å². The lowest BCUT2D eigenvalue weighted by Gasteiger charge is -2.21. The van der Waals surface area contributed by atoms with Crippen LogP contribution in [0.1, 0.15) is 6.92 Å². The van der Waals surface area contributed by atoms with Gasteiger partial charge in [0.2, 0.25) is 0 Å². The highest BCUT2D eigenvalue weighted by Crippen LogP contribution is 2.17. The van der Waals surface area contributed by atoms with E-state index in [1.165, 1.54) is 0 Å². The zero-order valence-corrected chi connectivity index (χ0v) is 11.3. The van der Waals surface area contributed by atoms with Crippen LogP contribution in [-0.4, -0.2) is 34.8 Å². The normalized spacial score (nSPS) is 12.2. The summed E-state index contributed by atoms with van der Waals surface area (Å²) in [5, 5.41) is 0.958. The number of nitrogens with zero attached hydrogens (tertiary/aromatic N) is 3. The Balaban J connectivity index is 2.72. The lowest BCUT2D eigenvalue weighted by Crippen LogP contribution is -2.31. The average Bonchev–Trinajstić information content (AvgIpc) is 2.28. The smallest absolute Gasteiger partial charge is 0.132 e. The Hall–Kier alpha value is -0.880. The SMILES string of the molecule is CSc1cc(N(C)CC(C)C(N)=S)ncn1. The summed E-state index contributed by atoms with van der Waals surface area (Å²) in [6.45, 7) is 2.77. The largest absolute Gasteiger partial charge is 0.393 e. The topological polar surface area (TPSA) is 55.0 Å². The summed E-state index contributed by atoms with van der Waals surface area (Å²) in [5.74, 6) is 1.06. The third-order valence-electron chi connectivity index (χ3n) is 2.26. The number of hydrogen-bond donors (Lipinski definition) is 1. The van der Waals surface area contributed by atoms with Crippen LogP contribution in [0.5, 0.6) is 0 Å². The molecule has 0 radical (unpaired) electrons. The van der Waals surface area contributed by atoms with Gasteiger partial charge in [-0.1, -0.05) is 19.1 Å². The second kappa shape index (κ2) is 6.00. The third kappa shape index (κ3) is 3.61. The summed E-state index contributed by atoms with van der Waals surface area (Å²) >= 11 is 6.55. The van der Waals surface area contributed by atoms with Gasteiger partial charge in [0.05, 0.1) is 4.99 Å². The standard InChI is InChI=1S/C10H16N4S2/c1-7(10(11)15)5-14(2)8-4-9(16-3)13-6-12-8/h4,6-7H,5H2,1-3H3,(H2,11,15). The van der Waals surface area contributed by atoms with Crippen LogP contribution in [0, 0.1) is 5.92 Å². The third-order valence-corrected chi connectivity index (χ3v) is 3.31. The van der Waals surface area contributed by atoms with Crippen LogP contribution in [0.4, 0.5) is 5.82 Å². The fourth-order valence-electron chi connectivity index (χ4n) is 1.24. The molecule has 0 aliphatic rings. The van der Waals surface area contributed by atoms with E-state index in [4.69, 9.17) is 18.0 Å². The highest BCUT2D eigenvalue weighted by atomic mass is 32.2. The van der Waals surface area contributed by atoms with Crippen molar-refractivity contribution in [1.29, 1.82) is 0 Å². The molecule has 0 saturated heterocycles.